The smallest absolute Gasteiger partial charge is 0.0426 e. The summed E-state index contributed by atoms with van der Waals surface area (Å²) in [7, 11) is 1.87. The van der Waals surface area contributed by atoms with Crippen LogP contribution in [0.2, 0.25) is 5.02 Å². The highest BCUT2D eigenvalue weighted by molar-refractivity contribution is 6.30. The predicted molar refractivity (Wildman–Crippen MR) is 48.2 cm³/mol. The first kappa shape index (κ1) is 9.60. The van der Waals surface area contributed by atoms with Gasteiger partial charge in [0, 0.05) is 17.8 Å². The summed E-state index contributed by atoms with van der Waals surface area (Å²) in [5.74, 6) is 0. The molecule has 1 rings (SSSR count). The molecule has 0 saturated heterocycles. The number of anilines is 1. The van der Waals surface area contributed by atoms with E-state index in [1.165, 1.54) is 0 Å². The molecule has 0 radical (unpaired) electrons. The van der Waals surface area contributed by atoms with Crippen LogP contribution in [-0.2, 0) is 0 Å². The van der Waals surface area contributed by atoms with Crippen molar-refractivity contribution >= 4 is 29.7 Å². The van der Waals surface area contributed by atoms with E-state index in [0.29, 0.717) is 0 Å². The van der Waals surface area contributed by atoms with Gasteiger partial charge in [-0.15, -0.1) is 12.4 Å². The lowest BCUT2D eigenvalue weighted by Gasteiger charge is -1.97. The molecule has 0 aliphatic rings. The Morgan fingerprint density at radius 1 is 1.40 bits per heavy atom. The van der Waals surface area contributed by atoms with E-state index in [2.05, 4.69) is 5.32 Å². The van der Waals surface area contributed by atoms with Crippen LogP contribution in [0.4, 0.5) is 5.69 Å². The minimum absolute atomic E-state index is 0. The van der Waals surface area contributed by atoms with Gasteiger partial charge in [-0.25, -0.2) is 0 Å². The number of rotatable bonds is 1. The number of hydrogen-bond acceptors (Lipinski definition) is 1. The highest BCUT2D eigenvalue weighted by atomic mass is 35.5. The fraction of sp³-hybridized carbons (Fsp3) is 0.143. The number of halogens is 2. The van der Waals surface area contributed by atoms with Crippen LogP contribution in [-0.4, -0.2) is 7.05 Å². The lowest BCUT2D eigenvalue weighted by molar-refractivity contribution is 1.51. The summed E-state index contributed by atoms with van der Waals surface area (Å²) < 4.78 is 0. The van der Waals surface area contributed by atoms with Crippen LogP contribution >= 0.6 is 24.0 Å². The van der Waals surface area contributed by atoms with E-state index in [1.54, 1.807) is 0 Å². The maximum atomic E-state index is 5.68. The molecule has 10 heavy (non-hydrogen) atoms. The zero-order valence-electron chi connectivity index (χ0n) is 5.60. The first-order valence-electron chi connectivity index (χ1n) is 2.76. The molecule has 0 amide bonds. The van der Waals surface area contributed by atoms with Crippen LogP contribution in [0.25, 0.3) is 0 Å². The Morgan fingerprint density at radius 3 is 2.50 bits per heavy atom. The van der Waals surface area contributed by atoms with Crippen molar-refractivity contribution in [1.82, 2.24) is 0 Å². The quantitative estimate of drug-likeness (QED) is 0.697. The first-order valence-corrected chi connectivity index (χ1v) is 3.14. The normalized spacial score (nSPS) is 8.20. The summed E-state index contributed by atoms with van der Waals surface area (Å²) in [5, 5.41) is 3.75. The zero-order valence-corrected chi connectivity index (χ0v) is 7.17. The number of nitrogens with one attached hydrogen (secondary N) is 1. The second kappa shape index (κ2) is 4.42. The topological polar surface area (TPSA) is 12.0 Å². The molecule has 0 aliphatic carbocycles. The van der Waals surface area contributed by atoms with Crippen LogP contribution in [0, 0.1) is 0 Å². The van der Waals surface area contributed by atoms with Crippen molar-refractivity contribution < 1.29 is 0 Å². The third-order valence-electron chi connectivity index (χ3n) is 1.11. The van der Waals surface area contributed by atoms with Gasteiger partial charge in [0.1, 0.15) is 0 Å². The molecule has 1 N–H and O–H groups in total. The highest BCUT2D eigenvalue weighted by Gasteiger charge is 1.86. The molecular formula is C7H9Cl2N. The van der Waals surface area contributed by atoms with E-state index in [4.69, 9.17) is 11.6 Å². The second-order valence-electron chi connectivity index (χ2n) is 1.76. The van der Waals surface area contributed by atoms with E-state index in [0.717, 1.165) is 10.7 Å². The fourth-order valence-electron chi connectivity index (χ4n) is 0.644. The van der Waals surface area contributed by atoms with Crippen molar-refractivity contribution in [3.05, 3.63) is 29.3 Å². The number of hydrogen-bond donors (Lipinski definition) is 1. The summed E-state index contributed by atoms with van der Waals surface area (Å²) in [6.45, 7) is 0. The Morgan fingerprint density at radius 2 is 2.10 bits per heavy atom. The van der Waals surface area contributed by atoms with Gasteiger partial charge in [0.05, 0.1) is 0 Å². The zero-order chi connectivity index (χ0) is 6.69. The molecule has 0 bridgehead atoms. The van der Waals surface area contributed by atoms with E-state index in [1.807, 2.05) is 31.3 Å². The predicted octanol–water partition coefficient (Wildman–Crippen LogP) is 2.80. The molecule has 1 aromatic carbocycles. The molecule has 56 valence electrons. The van der Waals surface area contributed by atoms with Gasteiger partial charge in [0.25, 0.3) is 0 Å². The van der Waals surface area contributed by atoms with Crippen LogP contribution < -0.4 is 5.32 Å². The van der Waals surface area contributed by atoms with Crippen molar-refractivity contribution in [2.24, 2.45) is 0 Å². The molecule has 1 nitrogen and oxygen atoms in total. The van der Waals surface area contributed by atoms with Crippen molar-refractivity contribution in [2.75, 3.05) is 12.4 Å². The van der Waals surface area contributed by atoms with Crippen molar-refractivity contribution in [1.29, 1.82) is 0 Å². The molecular weight excluding hydrogens is 169 g/mol. The molecule has 0 aromatic heterocycles. The van der Waals surface area contributed by atoms with Crippen molar-refractivity contribution in [2.45, 2.75) is 0 Å². The monoisotopic (exact) mass is 177 g/mol. The van der Waals surface area contributed by atoms with Crippen LogP contribution in [0.5, 0.6) is 0 Å². The molecule has 0 aliphatic heterocycles. The van der Waals surface area contributed by atoms with Gasteiger partial charge in [0.15, 0.2) is 0 Å². The van der Waals surface area contributed by atoms with Crippen LogP contribution in [0.1, 0.15) is 0 Å². The van der Waals surface area contributed by atoms with Crippen LogP contribution in [0.3, 0.4) is 0 Å². The molecule has 1 aromatic rings. The van der Waals surface area contributed by atoms with Crippen LogP contribution in [0.15, 0.2) is 24.3 Å². The van der Waals surface area contributed by atoms with E-state index >= 15 is 0 Å². The van der Waals surface area contributed by atoms with Gasteiger partial charge in [0.2, 0.25) is 0 Å². The summed E-state index contributed by atoms with van der Waals surface area (Å²) in [4.78, 5) is 0. The summed E-state index contributed by atoms with van der Waals surface area (Å²) in [6.07, 6.45) is 0. The summed E-state index contributed by atoms with van der Waals surface area (Å²) in [5.41, 5.74) is 1.04. The average Bonchev–Trinajstić information content (AvgIpc) is 1.88. The molecule has 0 heterocycles. The minimum Gasteiger partial charge on any atom is -0.388 e. The Hall–Kier alpha value is -0.400. The Kier molecular flexibility index (Phi) is 4.24. The molecule has 3 heteroatoms. The molecule has 0 atom stereocenters. The molecule has 0 saturated carbocycles. The summed E-state index contributed by atoms with van der Waals surface area (Å²) >= 11 is 5.68. The van der Waals surface area contributed by atoms with E-state index < -0.39 is 0 Å². The van der Waals surface area contributed by atoms with Gasteiger partial charge >= 0.3 is 0 Å². The third-order valence-corrected chi connectivity index (χ3v) is 1.35. The maximum Gasteiger partial charge on any atom is 0.0426 e. The summed E-state index contributed by atoms with van der Waals surface area (Å²) in [6, 6.07) is 7.60. The van der Waals surface area contributed by atoms with Gasteiger partial charge < -0.3 is 5.32 Å². The van der Waals surface area contributed by atoms with Gasteiger partial charge in [-0.1, -0.05) is 17.7 Å². The molecule has 0 fully saturated rings. The Bertz CT molecular complexity index is 201. The standard InChI is InChI=1S/C7H8ClN.ClH/c1-9-7-4-2-3-6(8)5-7;/h2-5,9H,1H3;1H. The largest absolute Gasteiger partial charge is 0.388 e. The fourth-order valence-corrected chi connectivity index (χ4v) is 0.834. The Balaban J connectivity index is 0.000000810. The van der Waals surface area contributed by atoms with Gasteiger partial charge in [-0.3, -0.25) is 0 Å². The third kappa shape index (κ3) is 2.46. The Labute approximate surface area is 71.8 Å². The maximum absolute atomic E-state index is 5.68. The lowest BCUT2D eigenvalue weighted by atomic mass is 10.3. The highest BCUT2D eigenvalue weighted by Crippen LogP contribution is 2.13. The van der Waals surface area contributed by atoms with Gasteiger partial charge in [-0.2, -0.15) is 0 Å². The molecule has 0 unspecified atom stereocenters. The average molecular weight is 178 g/mol. The van der Waals surface area contributed by atoms with Gasteiger partial charge in [-0.05, 0) is 18.2 Å². The molecule has 0 spiro atoms. The minimum atomic E-state index is 0. The lowest BCUT2D eigenvalue weighted by Crippen LogP contribution is -1.85. The van der Waals surface area contributed by atoms with Crippen molar-refractivity contribution in [3.63, 3.8) is 0 Å². The SMILES string of the molecule is CNc1cccc(Cl)c1.Cl. The van der Waals surface area contributed by atoms with E-state index in [-0.39, 0.29) is 12.4 Å². The van der Waals surface area contributed by atoms with E-state index in [9.17, 15) is 0 Å². The number of benzene rings is 1. The van der Waals surface area contributed by atoms with Crippen molar-refractivity contribution in [3.8, 4) is 0 Å². The first-order chi connectivity index (χ1) is 4.33. The second-order valence-corrected chi connectivity index (χ2v) is 2.20.